The number of halogens is 3. The van der Waals surface area contributed by atoms with Crippen molar-refractivity contribution >= 4 is 5.91 Å². The molecule has 0 spiro atoms. The summed E-state index contributed by atoms with van der Waals surface area (Å²) in [4.78, 5) is 15.1. The molecule has 0 aromatic rings. The maximum absolute atomic E-state index is 11.6. The molecule has 0 saturated carbocycles. The van der Waals surface area contributed by atoms with Gasteiger partial charge in [0.1, 0.15) is 0 Å². The predicted octanol–water partition coefficient (Wildman–Crippen LogP) is 1.89. The van der Waals surface area contributed by atoms with Crippen molar-refractivity contribution in [3.8, 4) is 0 Å². The lowest BCUT2D eigenvalue weighted by molar-refractivity contribution is -0.193. The first-order chi connectivity index (χ1) is 6.24. The zero-order valence-corrected chi connectivity index (χ0v) is 8.31. The van der Waals surface area contributed by atoms with Gasteiger partial charge in [0.15, 0.2) is 6.61 Å². The van der Waals surface area contributed by atoms with E-state index in [0.29, 0.717) is 0 Å². The Morgan fingerprint density at radius 1 is 1.36 bits per heavy atom. The SMILES string of the molecule is CC(C)C(C)C(=O)NOCC(F)(F)F. The number of rotatable bonds is 4. The summed E-state index contributed by atoms with van der Waals surface area (Å²) < 4.78 is 34.8. The number of amides is 1. The molecule has 0 radical (unpaired) electrons. The van der Waals surface area contributed by atoms with E-state index in [1.807, 2.05) is 0 Å². The lowest BCUT2D eigenvalue weighted by Crippen LogP contribution is -2.34. The second-order valence-corrected chi connectivity index (χ2v) is 3.40. The quantitative estimate of drug-likeness (QED) is 0.724. The van der Waals surface area contributed by atoms with Gasteiger partial charge in [-0.1, -0.05) is 20.8 Å². The highest BCUT2D eigenvalue weighted by atomic mass is 19.4. The Balaban J connectivity index is 3.75. The van der Waals surface area contributed by atoms with E-state index in [1.54, 1.807) is 26.3 Å². The number of alkyl halides is 3. The van der Waals surface area contributed by atoms with Crippen LogP contribution in [0.1, 0.15) is 20.8 Å². The first-order valence-corrected chi connectivity index (χ1v) is 4.22. The topological polar surface area (TPSA) is 38.3 Å². The van der Waals surface area contributed by atoms with Crippen molar-refractivity contribution in [2.45, 2.75) is 26.9 Å². The maximum Gasteiger partial charge on any atom is 0.414 e. The van der Waals surface area contributed by atoms with E-state index in [0.717, 1.165) is 0 Å². The summed E-state index contributed by atoms with van der Waals surface area (Å²) in [6, 6.07) is 0. The summed E-state index contributed by atoms with van der Waals surface area (Å²) in [6.45, 7) is 3.75. The summed E-state index contributed by atoms with van der Waals surface area (Å²) in [5, 5.41) is 0. The van der Waals surface area contributed by atoms with Crippen LogP contribution in [0.3, 0.4) is 0 Å². The van der Waals surface area contributed by atoms with Gasteiger partial charge in [-0.25, -0.2) is 5.48 Å². The normalized spacial score (nSPS) is 14.2. The third-order valence-corrected chi connectivity index (χ3v) is 1.82. The number of hydroxylamine groups is 1. The van der Waals surface area contributed by atoms with E-state index >= 15 is 0 Å². The number of hydrogen-bond acceptors (Lipinski definition) is 2. The summed E-state index contributed by atoms with van der Waals surface area (Å²) in [5.41, 5.74) is 1.76. The van der Waals surface area contributed by atoms with Crippen LogP contribution in [0.5, 0.6) is 0 Å². The second kappa shape index (κ2) is 5.19. The molecule has 0 rings (SSSR count). The largest absolute Gasteiger partial charge is 0.414 e. The van der Waals surface area contributed by atoms with E-state index < -0.39 is 18.7 Å². The Morgan fingerprint density at radius 2 is 1.86 bits per heavy atom. The minimum Gasteiger partial charge on any atom is -0.273 e. The zero-order chi connectivity index (χ0) is 11.4. The van der Waals surface area contributed by atoms with Gasteiger partial charge in [0.05, 0.1) is 0 Å². The van der Waals surface area contributed by atoms with E-state index in [-0.39, 0.29) is 11.8 Å². The van der Waals surface area contributed by atoms with Crippen LogP contribution in [0, 0.1) is 11.8 Å². The van der Waals surface area contributed by atoms with Gasteiger partial charge in [0.25, 0.3) is 0 Å². The molecule has 0 fully saturated rings. The third-order valence-electron chi connectivity index (χ3n) is 1.82. The highest BCUT2D eigenvalue weighted by Crippen LogP contribution is 2.14. The fraction of sp³-hybridized carbons (Fsp3) is 0.875. The monoisotopic (exact) mass is 213 g/mol. The molecular formula is C8H14F3NO2. The van der Waals surface area contributed by atoms with Crippen LogP contribution in [0.2, 0.25) is 0 Å². The summed E-state index contributed by atoms with van der Waals surface area (Å²) in [5.74, 6) is -0.850. The van der Waals surface area contributed by atoms with Crippen molar-refractivity contribution in [1.29, 1.82) is 0 Å². The smallest absolute Gasteiger partial charge is 0.273 e. The van der Waals surface area contributed by atoms with Crippen molar-refractivity contribution in [3.05, 3.63) is 0 Å². The van der Waals surface area contributed by atoms with Crippen LogP contribution in [0.4, 0.5) is 13.2 Å². The number of hydrogen-bond donors (Lipinski definition) is 1. The summed E-state index contributed by atoms with van der Waals surface area (Å²) in [7, 11) is 0. The van der Waals surface area contributed by atoms with Gasteiger partial charge in [-0.2, -0.15) is 13.2 Å². The Labute approximate surface area is 80.6 Å². The fourth-order valence-electron chi connectivity index (χ4n) is 0.585. The fourth-order valence-corrected chi connectivity index (χ4v) is 0.585. The summed E-state index contributed by atoms with van der Waals surface area (Å²) >= 11 is 0. The first-order valence-electron chi connectivity index (χ1n) is 4.22. The van der Waals surface area contributed by atoms with Gasteiger partial charge in [-0.05, 0) is 5.92 Å². The average Bonchev–Trinajstić information content (AvgIpc) is 2.00. The van der Waals surface area contributed by atoms with Gasteiger partial charge < -0.3 is 0 Å². The Kier molecular flexibility index (Phi) is 4.90. The number of nitrogens with one attached hydrogen (secondary N) is 1. The molecule has 1 N–H and O–H groups in total. The van der Waals surface area contributed by atoms with Crippen LogP contribution < -0.4 is 5.48 Å². The number of carbonyl (C=O) groups is 1. The van der Waals surface area contributed by atoms with Crippen molar-refractivity contribution in [2.24, 2.45) is 11.8 Å². The van der Waals surface area contributed by atoms with Crippen molar-refractivity contribution in [3.63, 3.8) is 0 Å². The molecule has 1 unspecified atom stereocenters. The standard InChI is InChI=1S/C8H14F3NO2/c1-5(2)6(3)7(13)12-14-4-8(9,10)11/h5-6H,4H2,1-3H3,(H,12,13). The molecule has 0 heterocycles. The molecule has 0 aliphatic carbocycles. The zero-order valence-electron chi connectivity index (χ0n) is 8.31. The predicted molar refractivity (Wildman–Crippen MR) is 44.2 cm³/mol. The van der Waals surface area contributed by atoms with Crippen LogP contribution in [0.25, 0.3) is 0 Å². The van der Waals surface area contributed by atoms with E-state index in [4.69, 9.17) is 0 Å². The van der Waals surface area contributed by atoms with Crippen molar-refractivity contribution in [1.82, 2.24) is 5.48 Å². The minimum absolute atomic E-state index is 0.0597. The van der Waals surface area contributed by atoms with E-state index in [2.05, 4.69) is 4.84 Å². The highest BCUT2D eigenvalue weighted by Gasteiger charge is 2.28. The Morgan fingerprint density at radius 3 is 2.21 bits per heavy atom. The lowest BCUT2D eigenvalue weighted by atomic mass is 9.98. The van der Waals surface area contributed by atoms with Crippen LogP contribution in [-0.4, -0.2) is 18.7 Å². The third kappa shape index (κ3) is 5.80. The average molecular weight is 213 g/mol. The van der Waals surface area contributed by atoms with Gasteiger partial charge in [0, 0.05) is 5.92 Å². The minimum atomic E-state index is -4.42. The molecule has 14 heavy (non-hydrogen) atoms. The van der Waals surface area contributed by atoms with E-state index in [1.165, 1.54) is 0 Å². The molecule has 84 valence electrons. The highest BCUT2D eigenvalue weighted by molar-refractivity contribution is 5.77. The maximum atomic E-state index is 11.6. The molecule has 3 nitrogen and oxygen atoms in total. The van der Waals surface area contributed by atoms with Crippen molar-refractivity contribution < 1.29 is 22.8 Å². The molecule has 0 aromatic carbocycles. The molecule has 1 atom stereocenters. The molecule has 6 heteroatoms. The molecule has 0 aliphatic rings. The summed E-state index contributed by atoms with van der Waals surface area (Å²) in [6.07, 6.45) is -4.42. The Hall–Kier alpha value is -0.780. The molecule has 0 saturated heterocycles. The molecule has 0 aromatic heterocycles. The van der Waals surface area contributed by atoms with E-state index in [9.17, 15) is 18.0 Å². The van der Waals surface area contributed by atoms with Crippen molar-refractivity contribution in [2.75, 3.05) is 6.61 Å². The number of carbonyl (C=O) groups excluding carboxylic acids is 1. The molecule has 0 aliphatic heterocycles. The van der Waals surface area contributed by atoms with Crippen LogP contribution in [0.15, 0.2) is 0 Å². The van der Waals surface area contributed by atoms with Crippen LogP contribution in [-0.2, 0) is 9.63 Å². The molecular weight excluding hydrogens is 199 g/mol. The van der Waals surface area contributed by atoms with Crippen LogP contribution >= 0.6 is 0 Å². The first kappa shape index (κ1) is 13.2. The van der Waals surface area contributed by atoms with Gasteiger partial charge >= 0.3 is 6.18 Å². The molecule has 1 amide bonds. The molecule has 0 bridgehead atoms. The Bertz CT molecular complexity index is 192. The van der Waals surface area contributed by atoms with Gasteiger partial charge in [0.2, 0.25) is 5.91 Å². The van der Waals surface area contributed by atoms with Gasteiger partial charge in [-0.3, -0.25) is 9.63 Å². The van der Waals surface area contributed by atoms with Gasteiger partial charge in [-0.15, -0.1) is 0 Å². The lowest BCUT2D eigenvalue weighted by Gasteiger charge is -2.15. The second-order valence-electron chi connectivity index (χ2n) is 3.40.